The van der Waals surface area contributed by atoms with Crippen LogP contribution in [0.3, 0.4) is 0 Å². The van der Waals surface area contributed by atoms with Crippen LogP contribution in [0.15, 0.2) is 61.4 Å². The average molecular weight is 665 g/mol. The van der Waals surface area contributed by atoms with Gasteiger partial charge in [0.2, 0.25) is 0 Å². The van der Waals surface area contributed by atoms with Crippen molar-refractivity contribution in [2.24, 2.45) is 11.8 Å². The molecule has 8 rings (SSSR count). The molecule has 0 radical (unpaired) electrons. The first-order valence-electron chi connectivity index (χ1n) is 17.4. The fraction of sp³-hybridized carbons (Fsp3) is 0.526. The number of alkyl halides is 2. The van der Waals surface area contributed by atoms with Crippen molar-refractivity contribution in [2.45, 2.75) is 100 Å². The topological polar surface area (TPSA) is 76.1 Å². The minimum atomic E-state index is -1.19. The molecule has 2 atom stereocenters. The number of aliphatic hydroxyl groups is 2. The Morgan fingerprint density at radius 1 is 0.646 bits per heavy atom. The fourth-order valence-electron chi connectivity index (χ4n) is 8.61. The molecule has 0 saturated heterocycles. The van der Waals surface area contributed by atoms with Gasteiger partial charge in [-0.2, -0.15) is 0 Å². The van der Waals surface area contributed by atoms with Crippen LogP contribution in [0.1, 0.15) is 100 Å². The lowest BCUT2D eigenvalue weighted by molar-refractivity contribution is 0.0526. The molecule has 2 aliphatic carbocycles. The summed E-state index contributed by atoms with van der Waals surface area (Å²) in [5.41, 5.74) is 2.51. The molecule has 2 N–H and O–H groups in total. The van der Waals surface area contributed by atoms with Crippen molar-refractivity contribution < 1.29 is 27.8 Å². The van der Waals surface area contributed by atoms with Gasteiger partial charge in [-0.25, -0.2) is 27.5 Å². The summed E-state index contributed by atoms with van der Waals surface area (Å²) in [6, 6.07) is 9.82. The Hall–Kier alpha value is -3.50. The maximum Gasteiger partial charge on any atom is 0.129 e. The summed E-state index contributed by atoms with van der Waals surface area (Å²) in [7, 11) is 0. The van der Waals surface area contributed by atoms with E-state index in [4.69, 9.17) is 0 Å². The van der Waals surface area contributed by atoms with Gasteiger partial charge in [-0.3, -0.25) is 0 Å². The highest BCUT2D eigenvalue weighted by atomic mass is 19.2. The predicted octanol–water partition coefficient (Wildman–Crippen LogP) is 8.53. The van der Waals surface area contributed by atoms with Gasteiger partial charge in [0.25, 0.3) is 0 Å². The second-order valence-electron chi connectivity index (χ2n) is 14.4. The van der Waals surface area contributed by atoms with E-state index in [0.717, 1.165) is 48.2 Å². The summed E-state index contributed by atoms with van der Waals surface area (Å²) in [5, 5.41) is 18.4. The highest BCUT2D eigenvalue weighted by Crippen LogP contribution is 2.47. The van der Waals surface area contributed by atoms with E-state index in [1.165, 1.54) is 12.1 Å². The molecule has 256 valence electrons. The van der Waals surface area contributed by atoms with Gasteiger partial charge >= 0.3 is 0 Å². The van der Waals surface area contributed by atoms with Gasteiger partial charge in [0, 0.05) is 35.5 Å². The van der Waals surface area contributed by atoms with Crippen molar-refractivity contribution in [2.75, 3.05) is 13.2 Å². The monoisotopic (exact) mass is 664 g/mol. The lowest BCUT2D eigenvalue weighted by Gasteiger charge is -2.34. The average Bonchev–Trinajstić information content (AvgIpc) is 3.88. The Labute approximate surface area is 278 Å². The van der Waals surface area contributed by atoms with E-state index in [1.54, 1.807) is 37.2 Å². The molecule has 2 fully saturated rings. The quantitative estimate of drug-likeness (QED) is 0.185. The van der Waals surface area contributed by atoms with Crippen LogP contribution in [-0.4, -0.2) is 53.9 Å². The molecular formula is C38H44F4N4O2. The molecule has 4 heterocycles. The number of imidazole rings is 2. The highest BCUT2D eigenvalue weighted by molar-refractivity contribution is 5.70. The Balaban J connectivity index is 0.000000152. The SMILES string of the molecule is OCC1CCC(F)(CCC2c3c(F)cccc3-c3cncn32)CC1.OCC1CCC(F)(CCC2c3c(F)cccc3-c3cncn32)CC1. The largest absolute Gasteiger partial charge is 0.396 e. The Bertz CT molecular complexity index is 1600. The van der Waals surface area contributed by atoms with Gasteiger partial charge in [0.05, 0.1) is 48.5 Å². The normalized spacial score (nSPS) is 28.6. The molecular weight excluding hydrogens is 620 g/mol. The molecule has 4 aliphatic rings. The van der Waals surface area contributed by atoms with E-state index in [1.807, 2.05) is 21.3 Å². The fourth-order valence-corrected chi connectivity index (χ4v) is 8.61. The van der Waals surface area contributed by atoms with Crippen LogP contribution in [0.5, 0.6) is 0 Å². The Morgan fingerprint density at radius 2 is 1.04 bits per heavy atom. The van der Waals surface area contributed by atoms with E-state index in [0.29, 0.717) is 62.5 Å². The van der Waals surface area contributed by atoms with E-state index >= 15 is 8.78 Å². The third-order valence-corrected chi connectivity index (χ3v) is 11.6. The van der Waals surface area contributed by atoms with E-state index in [-0.39, 0.29) is 48.8 Å². The van der Waals surface area contributed by atoms with Gasteiger partial charge in [-0.05, 0) is 101 Å². The van der Waals surface area contributed by atoms with Crippen molar-refractivity contribution >= 4 is 0 Å². The zero-order chi connectivity index (χ0) is 33.5. The first kappa shape index (κ1) is 33.0. The van der Waals surface area contributed by atoms with Crippen LogP contribution in [0.25, 0.3) is 22.5 Å². The van der Waals surface area contributed by atoms with Crippen LogP contribution in [-0.2, 0) is 0 Å². The van der Waals surface area contributed by atoms with Crippen molar-refractivity contribution in [3.63, 3.8) is 0 Å². The first-order valence-corrected chi connectivity index (χ1v) is 17.4. The molecule has 2 unspecified atom stereocenters. The summed E-state index contributed by atoms with van der Waals surface area (Å²) in [6.45, 7) is 0.297. The standard InChI is InChI=1S/2C19H22F2N2O/c2*20-15-3-1-2-14-17-10-22-12-23(17)16(18(14)15)6-9-19(21)7-4-13(11-24)5-8-19/h2*1-3,10,12-13,16,24H,4-9,11H2. The third kappa shape index (κ3) is 6.22. The molecule has 2 aliphatic heterocycles. The first-order chi connectivity index (χ1) is 23.2. The van der Waals surface area contributed by atoms with E-state index in [2.05, 4.69) is 9.97 Å². The van der Waals surface area contributed by atoms with Crippen LogP contribution in [0.4, 0.5) is 17.6 Å². The van der Waals surface area contributed by atoms with Crippen LogP contribution in [0.2, 0.25) is 0 Å². The number of hydrogen-bond acceptors (Lipinski definition) is 4. The van der Waals surface area contributed by atoms with Crippen molar-refractivity contribution in [1.82, 2.24) is 19.1 Å². The molecule has 0 amide bonds. The molecule has 4 aromatic rings. The molecule has 2 aromatic heterocycles. The number of halogens is 4. The van der Waals surface area contributed by atoms with Gasteiger partial charge in [0.1, 0.15) is 23.0 Å². The molecule has 2 aromatic carbocycles. The minimum absolute atomic E-state index is 0.149. The summed E-state index contributed by atoms with van der Waals surface area (Å²) in [5.74, 6) is 0.0220. The molecule has 6 nitrogen and oxygen atoms in total. The summed E-state index contributed by atoms with van der Waals surface area (Å²) in [6.07, 6.45) is 13.8. The second kappa shape index (κ2) is 13.4. The summed E-state index contributed by atoms with van der Waals surface area (Å²) >= 11 is 0. The zero-order valence-corrected chi connectivity index (χ0v) is 27.2. The van der Waals surface area contributed by atoms with Gasteiger partial charge in [-0.15, -0.1) is 0 Å². The van der Waals surface area contributed by atoms with Crippen LogP contribution < -0.4 is 0 Å². The zero-order valence-electron chi connectivity index (χ0n) is 27.2. The van der Waals surface area contributed by atoms with Crippen LogP contribution >= 0.6 is 0 Å². The van der Waals surface area contributed by atoms with Crippen LogP contribution in [0, 0.1) is 23.5 Å². The van der Waals surface area contributed by atoms with Gasteiger partial charge in [-0.1, -0.05) is 24.3 Å². The number of rotatable bonds is 8. The summed E-state index contributed by atoms with van der Waals surface area (Å²) in [4.78, 5) is 8.35. The summed E-state index contributed by atoms with van der Waals surface area (Å²) < 4.78 is 62.9. The number of aliphatic hydroxyl groups excluding tert-OH is 2. The maximum absolute atomic E-state index is 15.1. The Morgan fingerprint density at radius 3 is 1.42 bits per heavy atom. The molecule has 2 saturated carbocycles. The maximum atomic E-state index is 15.1. The van der Waals surface area contributed by atoms with Crippen molar-refractivity contribution in [1.29, 1.82) is 0 Å². The van der Waals surface area contributed by atoms with Crippen molar-refractivity contribution in [3.8, 4) is 22.5 Å². The van der Waals surface area contributed by atoms with Crippen molar-refractivity contribution in [3.05, 3.63) is 84.2 Å². The van der Waals surface area contributed by atoms with Gasteiger partial charge < -0.3 is 19.3 Å². The number of aromatic nitrogens is 4. The van der Waals surface area contributed by atoms with E-state index in [9.17, 15) is 19.0 Å². The lowest BCUT2D eigenvalue weighted by atomic mass is 9.77. The molecule has 0 spiro atoms. The van der Waals surface area contributed by atoms with Gasteiger partial charge in [0.15, 0.2) is 0 Å². The number of fused-ring (bicyclic) bond motifs is 6. The predicted molar refractivity (Wildman–Crippen MR) is 176 cm³/mol. The Kier molecular flexibility index (Phi) is 9.24. The highest BCUT2D eigenvalue weighted by Gasteiger charge is 2.40. The number of hydrogen-bond donors (Lipinski definition) is 2. The smallest absolute Gasteiger partial charge is 0.129 e. The lowest BCUT2D eigenvalue weighted by Crippen LogP contribution is -2.31. The number of nitrogens with zero attached hydrogens (tertiary/aromatic N) is 4. The second-order valence-corrected chi connectivity index (χ2v) is 14.4. The molecule has 48 heavy (non-hydrogen) atoms. The van der Waals surface area contributed by atoms with E-state index < -0.39 is 11.3 Å². The minimum Gasteiger partial charge on any atom is -0.396 e. The third-order valence-electron chi connectivity index (χ3n) is 11.6. The molecule has 10 heteroatoms. The number of benzene rings is 2. The molecule has 0 bridgehead atoms.